The minimum absolute atomic E-state index is 0.0171. The van der Waals surface area contributed by atoms with Crippen molar-refractivity contribution in [3.05, 3.63) is 52.8 Å². The standard InChI is InChI=1S/C27H33FN2O5S/c1-26(2,33)14-30-9-8-16(13-30)10-17-11-18(28)4-7-22(17)36(34)29-21-6-5-19-20-12-27(20,3)15-35-24(19)23(21)25(31)32/h4-7,11,16,20,29,33H,8-10,12-15H2,1-3H3,(H,31,32). The first-order valence-electron chi connectivity index (χ1n) is 12.4. The van der Waals surface area contributed by atoms with Gasteiger partial charge in [-0.3, -0.25) is 0 Å². The molecule has 0 amide bonds. The van der Waals surface area contributed by atoms with Crippen molar-refractivity contribution in [2.75, 3.05) is 31.0 Å². The highest BCUT2D eigenvalue weighted by Gasteiger charge is 2.55. The van der Waals surface area contributed by atoms with E-state index in [9.17, 15) is 23.6 Å². The Morgan fingerprint density at radius 2 is 2.11 bits per heavy atom. The van der Waals surface area contributed by atoms with E-state index in [-0.39, 0.29) is 28.5 Å². The second kappa shape index (κ2) is 9.11. The number of fused-ring (bicyclic) bond motifs is 3. The maximum Gasteiger partial charge on any atom is 0.341 e. The first kappa shape index (κ1) is 25.2. The lowest BCUT2D eigenvalue weighted by atomic mass is 9.95. The third-order valence-corrected chi connectivity index (χ3v) is 8.79. The zero-order valence-electron chi connectivity index (χ0n) is 20.8. The number of nitrogens with zero attached hydrogens (tertiary/aromatic N) is 1. The van der Waals surface area contributed by atoms with Crippen molar-refractivity contribution in [1.82, 2.24) is 4.90 Å². The van der Waals surface area contributed by atoms with Crippen molar-refractivity contribution in [3.8, 4) is 5.75 Å². The summed E-state index contributed by atoms with van der Waals surface area (Å²) < 4.78 is 36.4. The number of hydrogen-bond donors (Lipinski definition) is 3. The second-order valence-corrected chi connectivity index (χ2v) is 12.6. The van der Waals surface area contributed by atoms with Gasteiger partial charge < -0.3 is 24.6 Å². The summed E-state index contributed by atoms with van der Waals surface area (Å²) in [5.74, 6) is -0.679. The SMILES string of the molecule is CC(C)(O)CN1CCC(Cc2cc(F)ccc2S(=O)Nc2ccc3c(c2C(=O)O)OCC2(C)CC32)C1. The minimum Gasteiger partial charge on any atom is -0.492 e. The van der Waals surface area contributed by atoms with Crippen LogP contribution in [0.25, 0.3) is 0 Å². The van der Waals surface area contributed by atoms with Crippen LogP contribution in [-0.4, -0.2) is 57.1 Å². The Labute approximate surface area is 213 Å². The molecule has 4 atom stereocenters. The summed E-state index contributed by atoms with van der Waals surface area (Å²) in [4.78, 5) is 14.8. The van der Waals surface area contributed by atoms with Gasteiger partial charge in [0.2, 0.25) is 0 Å². The third-order valence-electron chi connectivity index (χ3n) is 7.59. The van der Waals surface area contributed by atoms with Gasteiger partial charge in [0.15, 0.2) is 11.0 Å². The summed E-state index contributed by atoms with van der Waals surface area (Å²) in [5, 5.41) is 20.1. The number of aromatic carboxylic acids is 1. The van der Waals surface area contributed by atoms with Crippen LogP contribution >= 0.6 is 0 Å². The number of carboxylic acids is 1. The van der Waals surface area contributed by atoms with Crippen LogP contribution in [0.4, 0.5) is 10.1 Å². The Morgan fingerprint density at radius 1 is 1.33 bits per heavy atom. The highest BCUT2D eigenvalue weighted by atomic mass is 32.2. The number of likely N-dealkylation sites (tertiary alicyclic amines) is 1. The van der Waals surface area contributed by atoms with Gasteiger partial charge in [0.05, 0.1) is 22.8 Å². The molecule has 7 nitrogen and oxygen atoms in total. The molecule has 9 heteroatoms. The summed E-state index contributed by atoms with van der Waals surface area (Å²) in [7, 11) is -1.80. The van der Waals surface area contributed by atoms with Crippen LogP contribution in [0, 0.1) is 17.2 Å². The Bertz CT molecular complexity index is 1230. The predicted octanol–water partition coefficient (Wildman–Crippen LogP) is 4.18. The number of ether oxygens (including phenoxy) is 1. The lowest BCUT2D eigenvalue weighted by Crippen LogP contribution is -2.37. The number of halogens is 1. The number of aliphatic hydroxyl groups is 1. The molecule has 0 aromatic heterocycles. The smallest absolute Gasteiger partial charge is 0.341 e. The van der Waals surface area contributed by atoms with Gasteiger partial charge in [-0.15, -0.1) is 0 Å². The summed E-state index contributed by atoms with van der Waals surface area (Å²) in [6.45, 7) is 8.33. The molecule has 194 valence electrons. The molecule has 2 aromatic rings. The van der Waals surface area contributed by atoms with Crippen molar-refractivity contribution in [1.29, 1.82) is 0 Å². The van der Waals surface area contributed by atoms with Gasteiger partial charge in [-0.2, -0.15) is 0 Å². The van der Waals surface area contributed by atoms with E-state index in [2.05, 4.69) is 16.5 Å². The van der Waals surface area contributed by atoms with Crippen LogP contribution in [0.1, 0.15) is 61.0 Å². The Kier molecular flexibility index (Phi) is 6.37. The lowest BCUT2D eigenvalue weighted by molar-refractivity contribution is 0.0428. The fraction of sp³-hybridized carbons (Fsp3) is 0.519. The summed E-state index contributed by atoms with van der Waals surface area (Å²) in [5.41, 5.74) is 0.996. The molecule has 0 bridgehead atoms. The number of β-amino-alcohol motifs (C(OH)–C–C–N with tert-alkyl or cyclic N) is 1. The molecule has 0 spiro atoms. The van der Waals surface area contributed by atoms with Gasteiger partial charge in [-0.1, -0.05) is 13.0 Å². The molecule has 4 unspecified atom stereocenters. The Hall–Kier alpha value is -2.49. The molecule has 36 heavy (non-hydrogen) atoms. The normalized spacial score (nSPS) is 26.0. The number of hydrogen-bond acceptors (Lipinski definition) is 5. The van der Waals surface area contributed by atoms with Gasteiger partial charge in [0, 0.05) is 18.5 Å². The van der Waals surface area contributed by atoms with Gasteiger partial charge in [-0.25, -0.2) is 13.4 Å². The van der Waals surface area contributed by atoms with E-state index in [1.807, 2.05) is 6.07 Å². The molecule has 0 radical (unpaired) electrons. The van der Waals surface area contributed by atoms with Gasteiger partial charge in [0.25, 0.3) is 0 Å². The van der Waals surface area contributed by atoms with Crippen LogP contribution in [0.5, 0.6) is 5.75 Å². The quantitative estimate of drug-likeness (QED) is 0.487. The van der Waals surface area contributed by atoms with Crippen molar-refractivity contribution in [2.24, 2.45) is 11.3 Å². The largest absolute Gasteiger partial charge is 0.492 e. The molecule has 1 saturated carbocycles. The topological polar surface area (TPSA) is 99.1 Å². The van der Waals surface area contributed by atoms with E-state index in [1.54, 1.807) is 19.9 Å². The minimum atomic E-state index is -1.80. The van der Waals surface area contributed by atoms with Crippen molar-refractivity contribution in [2.45, 2.75) is 56.4 Å². The number of carbonyl (C=O) groups is 1. The fourth-order valence-corrected chi connectivity index (χ4v) is 6.79. The van der Waals surface area contributed by atoms with Crippen molar-refractivity contribution >= 4 is 22.6 Å². The van der Waals surface area contributed by atoms with Gasteiger partial charge in [-0.05, 0) is 86.9 Å². The van der Waals surface area contributed by atoms with Crippen molar-refractivity contribution < 1.29 is 28.3 Å². The first-order chi connectivity index (χ1) is 16.9. The number of carboxylic acid groups (broad SMARTS) is 1. The number of anilines is 1. The Balaban J connectivity index is 1.37. The molecule has 2 heterocycles. The lowest BCUT2D eigenvalue weighted by Gasteiger charge is -2.25. The second-order valence-electron chi connectivity index (χ2n) is 11.4. The number of benzene rings is 2. The van der Waals surface area contributed by atoms with E-state index in [0.29, 0.717) is 35.8 Å². The fourth-order valence-electron chi connectivity index (χ4n) is 5.74. The monoisotopic (exact) mass is 516 g/mol. The van der Waals surface area contributed by atoms with E-state index in [1.165, 1.54) is 18.2 Å². The van der Waals surface area contributed by atoms with Crippen LogP contribution in [0.3, 0.4) is 0 Å². The van der Waals surface area contributed by atoms with E-state index >= 15 is 0 Å². The average Bonchev–Trinajstić information content (AvgIpc) is 3.31. The molecular weight excluding hydrogens is 483 g/mol. The first-order valence-corrected chi connectivity index (χ1v) is 13.5. The van der Waals surface area contributed by atoms with Crippen molar-refractivity contribution in [3.63, 3.8) is 0 Å². The van der Waals surface area contributed by atoms with Crippen LogP contribution in [-0.2, 0) is 17.4 Å². The molecule has 2 aliphatic heterocycles. The summed E-state index contributed by atoms with van der Waals surface area (Å²) in [6.07, 6.45) is 2.41. The highest BCUT2D eigenvalue weighted by molar-refractivity contribution is 7.86. The van der Waals surface area contributed by atoms with Crippen LogP contribution < -0.4 is 9.46 Å². The predicted molar refractivity (Wildman–Crippen MR) is 135 cm³/mol. The van der Waals surface area contributed by atoms with Crippen LogP contribution in [0.15, 0.2) is 35.2 Å². The molecule has 1 aliphatic carbocycles. The van der Waals surface area contributed by atoms with Gasteiger partial charge in [0.1, 0.15) is 17.1 Å². The maximum atomic E-state index is 14.2. The van der Waals surface area contributed by atoms with E-state index < -0.39 is 28.4 Å². The van der Waals surface area contributed by atoms with Gasteiger partial charge >= 0.3 is 5.97 Å². The number of nitrogens with one attached hydrogen (secondary N) is 1. The maximum absolute atomic E-state index is 14.2. The molecule has 3 N–H and O–H groups in total. The zero-order chi connectivity index (χ0) is 25.8. The summed E-state index contributed by atoms with van der Waals surface area (Å²) in [6, 6.07) is 7.70. The highest BCUT2D eigenvalue weighted by Crippen LogP contribution is 2.64. The molecule has 5 rings (SSSR count). The average molecular weight is 517 g/mol. The van der Waals surface area contributed by atoms with E-state index in [0.717, 1.165) is 31.5 Å². The molecule has 2 aromatic carbocycles. The molecule has 1 saturated heterocycles. The Morgan fingerprint density at radius 3 is 2.83 bits per heavy atom. The number of rotatable bonds is 8. The van der Waals surface area contributed by atoms with Crippen LogP contribution in [0.2, 0.25) is 0 Å². The summed E-state index contributed by atoms with van der Waals surface area (Å²) >= 11 is 0. The zero-order valence-corrected chi connectivity index (χ0v) is 21.7. The molecule has 2 fully saturated rings. The molecular formula is C27H33FN2O5S. The van der Waals surface area contributed by atoms with E-state index in [4.69, 9.17) is 4.74 Å². The molecule has 3 aliphatic rings. The third kappa shape index (κ3) is 5.01.